The molecule has 3 aliphatic rings. The Bertz CT molecular complexity index is 939. The number of hydrogen-bond acceptors (Lipinski definition) is 4. The molecule has 154 valence electrons. The zero-order chi connectivity index (χ0) is 20.2. The summed E-state index contributed by atoms with van der Waals surface area (Å²) < 4.78 is 13.5. The first kappa shape index (κ1) is 18.5. The Kier molecular flexibility index (Phi) is 4.33. The van der Waals surface area contributed by atoms with Crippen molar-refractivity contribution in [2.24, 2.45) is 0 Å². The number of fused-ring (bicyclic) bond motifs is 1. The van der Waals surface area contributed by atoms with Crippen LogP contribution in [0, 0.1) is 0 Å². The maximum absolute atomic E-state index is 13.4. The van der Waals surface area contributed by atoms with Crippen LogP contribution >= 0.6 is 0 Å². The predicted molar refractivity (Wildman–Crippen MR) is 110 cm³/mol. The number of carbonyl (C=O) groups excluding carboxylic acids is 1. The fourth-order valence-electron chi connectivity index (χ4n) is 4.48. The predicted octanol–water partition coefficient (Wildman–Crippen LogP) is 4.26. The molecule has 29 heavy (non-hydrogen) atoms. The highest BCUT2D eigenvalue weighted by Crippen LogP contribution is 2.43. The van der Waals surface area contributed by atoms with Crippen molar-refractivity contribution in [3.05, 3.63) is 41.2 Å². The van der Waals surface area contributed by atoms with Gasteiger partial charge in [0.15, 0.2) is 17.2 Å². The molecular weight excluding hydrogens is 366 g/mol. The molecule has 6 heteroatoms. The second-order valence-electron chi connectivity index (χ2n) is 9.37. The lowest BCUT2D eigenvalue weighted by Gasteiger charge is -2.26. The number of aromatic nitrogens is 2. The van der Waals surface area contributed by atoms with Gasteiger partial charge in [-0.2, -0.15) is 5.10 Å². The Labute approximate surface area is 171 Å². The molecule has 6 nitrogen and oxygen atoms in total. The number of rotatable bonds is 3. The van der Waals surface area contributed by atoms with Crippen molar-refractivity contribution >= 4 is 5.91 Å². The Morgan fingerprint density at radius 2 is 1.83 bits per heavy atom. The molecule has 1 saturated carbocycles. The van der Waals surface area contributed by atoms with Crippen molar-refractivity contribution in [2.75, 3.05) is 19.8 Å². The normalized spacial score (nSPS) is 21.5. The summed E-state index contributed by atoms with van der Waals surface area (Å²) in [7, 11) is 0. The molecule has 2 aromatic rings. The fraction of sp³-hybridized carbons (Fsp3) is 0.565. The second-order valence-corrected chi connectivity index (χ2v) is 9.37. The number of carbonyl (C=O) groups is 1. The number of ether oxygens (including phenoxy) is 2. The molecule has 1 aromatic carbocycles. The van der Waals surface area contributed by atoms with Crippen LogP contribution in [-0.2, 0) is 5.54 Å². The van der Waals surface area contributed by atoms with E-state index in [9.17, 15) is 4.79 Å². The topological polar surface area (TPSA) is 56.6 Å². The molecule has 1 atom stereocenters. The van der Waals surface area contributed by atoms with Crippen LogP contribution in [0.15, 0.2) is 24.3 Å². The van der Waals surface area contributed by atoms with E-state index in [1.165, 1.54) is 18.5 Å². The first-order valence-corrected chi connectivity index (χ1v) is 10.7. The number of nitrogens with zero attached hydrogens (tertiary/aromatic N) is 3. The van der Waals surface area contributed by atoms with Gasteiger partial charge in [0.25, 0.3) is 5.91 Å². The van der Waals surface area contributed by atoms with E-state index in [0.717, 1.165) is 36.4 Å². The lowest BCUT2D eigenvalue weighted by molar-refractivity contribution is 0.0727. The number of likely N-dealkylation sites (tertiary alicyclic amines) is 1. The van der Waals surface area contributed by atoms with Gasteiger partial charge < -0.3 is 14.4 Å². The van der Waals surface area contributed by atoms with Gasteiger partial charge in [-0.1, -0.05) is 6.07 Å². The maximum Gasteiger partial charge on any atom is 0.274 e. The lowest BCUT2D eigenvalue weighted by Crippen LogP contribution is -2.31. The zero-order valence-corrected chi connectivity index (χ0v) is 17.5. The average Bonchev–Trinajstić information content (AvgIpc) is 3.26. The minimum atomic E-state index is -0.128. The first-order valence-electron chi connectivity index (χ1n) is 10.7. The molecule has 1 aromatic heterocycles. The lowest BCUT2D eigenvalue weighted by atomic mass is 10.0. The van der Waals surface area contributed by atoms with Crippen LogP contribution in [0.1, 0.15) is 80.2 Å². The monoisotopic (exact) mass is 395 g/mol. The molecule has 3 heterocycles. The highest BCUT2D eigenvalue weighted by molar-refractivity contribution is 5.93. The van der Waals surface area contributed by atoms with Crippen molar-refractivity contribution in [1.82, 2.24) is 14.7 Å². The molecule has 0 bridgehead atoms. The third-order valence-electron chi connectivity index (χ3n) is 6.05. The Morgan fingerprint density at radius 1 is 1.07 bits per heavy atom. The fourth-order valence-corrected chi connectivity index (χ4v) is 4.48. The van der Waals surface area contributed by atoms with E-state index in [2.05, 4.69) is 31.5 Å². The first-order chi connectivity index (χ1) is 13.9. The zero-order valence-electron chi connectivity index (χ0n) is 17.5. The van der Waals surface area contributed by atoms with Crippen LogP contribution in [-0.4, -0.2) is 40.3 Å². The SMILES string of the molecule is CC(C)(C)n1nc(C(=O)N2CCCC2c2ccc3c(c2)OCCO3)cc1C1CC1. The highest BCUT2D eigenvalue weighted by Gasteiger charge is 2.36. The number of amides is 1. The Balaban J connectivity index is 1.44. The van der Waals surface area contributed by atoms with Crippen molar-refractivity contribution in [3.63, 3.8) is 0 Å². The Hall–Kier alpha value is -2.50. The van der Waals surface area contributed by atoms with E-state index in [-0.39, 0.29) is 17.5 Å². The van der Waals surface area contributed by atoms with Gasteiger partial charge in [-0.15, -0.1) is 0 Å². The van der Waals surface area contributed by atoms with E-state index >= 15 is 0 Å². The van der Waals surface area contributed by atoms with Crippen molar-refractivity contribution < 1.29 is 14.3 Å². The van der Waals surface area contributed by atoms with Gasteiger partial charge in [-0.25, -0.2) is 0 Å². The van der Waals surface area contributed by atoms with E-state index in [1.807, 2.05) is 23.1 Å². The van der Waals surface area contributed by atoms with Crippen LogP contribution < -0.4 is 9.47 Å². The molecule has 0 N–H and O–H groups in total. The van der Waals surface area contributed by atoms with Gasteiger partial charge in [0.2, 0.25) is 0 Å². The number of hydrogen-bond donors (Lipinski definition) is 0. The van der Waals surface area contributed by atoms with Crippen molar-refractivity contribution in [3.8, 4) is 11.5 Å². The largest absolute Gasteiger partial charge is 0.486 e. The van der Waals surface area contributed by atoms with Crippen molar-refractivity contribution in [2.45, 2.75) is 64.0 Å². The standard InChI is InChI=1S/C23H29N3O3/c1-23(2,3)26-19(15-6-7-15)14-17(24-26)22(27)25-10-4-5-18(25)16-8-9-20-21(13-16)29-12-11-28-20/h8-9,13-15,18H,4-7,10-12H2,1-3H3. The molecule has 1 saturated heterocycles. The summed E-state index contributed by atoms with van der Waals surface area (Å²) in [6.07, 6.45) is 4.35. The minimum Gasteiger partial charge on any atom is -0.486 e. The smallest absolute Gasteiger partial charge is 0.274 e. The summed E-state index contributed by atoms with van der Waals surface area (Å²) in [5, 5.41) is 4.77. The summed E-state index contributed by atoms with van der Waals surface area (Å²) in [4.78, 5) is 15.4. The highest BCUT2D eigenvalue weighted by atomic mass is 16.6. The quantitative estimate of drug-likeness (QED) is 0.779. The van der Waals surface area contributed by atoms with Gasteiger partial charge in [-0.3, -0.25) is 9.48 Å². The average molecular weight is 396 g/mol. The van der Waals surface area contributed by atoms with E-state index in [0.29, 0.717) is 24.8 Å². The van der Waals surface area contributed by atoms with E-state index < -0.39 is 0 Å². The molecule has 2 fully saturated rings. The molecule has 5 rings (SSSR count). The summed E-state index contributed by atoms with van der Waals surface area (Å²) in [6, 6.07) is 8.15. The van der Waals surface area contributed by atoms with Crippen molar-refractivity contribution in [1.29, 1.82) is 0 Å². The van der Waals surface area contributed by atoms with E-state index in [1.54, 1.807) is 0 Å². The van der Waals surface area contributed by atoms with Gasteiger partial charge in [0.1, 0.15) is 13.2 Å². The van der Waals surface area contributed by atoms with Crippen LogP contribution in [0.3, 0.4) is 0 Å². The molecule has 2 aliphatic heterocycles. The molecule has 0 radical (unpaired) electrons. The molecule has 1 unspecified atom stereocenters. The molecule has 1 aliphatic carbocycles. The van der Waals surface area contributed by atoms with Crippen LogP contribution in [0.5, 0.6) is 11.5 Å². The number of benzene rings is 1. The second kappa shape index (κ2) is 6.78. The summed E-state index contributed by atoms with van der Waals surface area (Å²) in [6.45, 7) is 8.35. The van der Waals surface area contributed by atoms with Crippen LogP contribution in [0.2, 0.25) is 0 Å². The third-order valence-corrected chi connectivity index (χ3v) is 6.05. The molecular formula is C23H29N3O3. The van der Waals surface area contributed by atoms with E-state index in [4.69, 9.17) is 14.6 Å². The van der Waals surface area contributed by atoms with Gasteiger partial charge in [0, 0.05) is 18.2 Å². The summed E-state index contributed by atoms with van der Waals surface area (Å²) in [5.74, 6) is 2.15. The van der Waals surface area contributed by atoms with Crippen LogP contribution in [0.4, 0.5) is 0 Å². The van der Waals surface area contributed by atoms with Gasteiger partial charge in [0.05, 0.1) is 11.6 Å². The third kappa shape index (κ3) is 3.38. The molecule has 1 amide bonds. The van der Waals surface area contributed by atoms with Crippen LogP contribution in [0.25, 0.3) is 0 Å². The Morgan fingerprint density at radius 3 is 2.55 bits per heavy atom. The maximum atomic E-state index is 13.4. The van der Waals surface area contributed by atoms with Gasteiger partial charge in [-0.05, 0) is 70.2 Å². The molecule has 0 spiro atoms. The van der Waals surface area contributed by atoms with Gasteiger partial charge >= 0.3 is 0 Å². The summed E-state index contributed by atoms with van der Waals surface area (Å²) >= 11 is 0. The summed E-state index contributed by atoms with van der Waals surface area (Å²) in [5.41, 5.74) is 2.76. The minimum absolute atomic E-state index is 0.0345.